The number of rotatable bonds is 0. The van der Waals surface area contributed by atoms with Crippen LogP contribution in [0, 0.1) is 0 Å². The Labute approximate surface area is 81.3 Å². The van der Waals surface area contributed by atoms with Gasteiger partial charge in [-0.05, 0) is 23.3 Å². The van der Waals surface area contributed by atoms with Gasteiger partial charge in [-0.1, -0.05) is 12.2 Å². The number of fused-ring (bicyclic) bond motifs is 6. The van der Waals surface area contributed by atoms with Crippen LogP contribution in [0.4, 0.5) is 0 Å². The first kappa shape index (κ1) is 6.90. The topological polar surface area (TPSA) is 30.5 Å². The molecule has 14 heavy (non-hydrogen) atoms. The zero-order chi connectivity index (χ0) is 9.12. The van der Waals surface area contributed by atoms with Crippen molar-refractivity contribution in [2.75, 3.05) is 6.79 Å². The van der Waals surface area contributed by atoms with E-state index in [1.54, 1.807) is 0 Å². The minimum atomic E-state index is 0.356. The summed E-state index contributed by atoms with van der Waals surface area (Å²) < 4.78 is 10.7. The molecule has 0 fully saturated rings. The molecule has 70 valence electrons. The molecule has 0 saturated carbocycles. The van der Waals surface area contributed by atoms with Crippen LogP contribution in [-0.4, -0.2) is 6.79 Å². The molecule has 3 heteroatoms. The summed E-state index contributed by atoms with van der Waals surface area (Å²) in [4.78, 5) is 0. The highest BCUT2D eigenvalue weighted by molar-refractivity contribution is 5.56. The van der Waals surface area contributed by atoms with E-state index in [1.165, 1.54) is 11.1 Å². The van der Waals surface area contributed by atoms with E-state index in [-0.39, 0.29) is 0 Å². The molecule has 1 N–H and O–H groups in total. The molecule has 0 spiro atoms. The first-order chi connectivity index (χ1) is 6.92. The van der Waals surface area contributed by atoms with E-state index in [9.17, 15) is 0 Å². The summed E-state index contributed by atoms with van der Waals surface area (Å²) in [6.07, 6.45) is 4.41. The fourth-order valence-corrected chi connectivity index (χ4v) is 2.43. The van der Waals surface area contributed by atoms with Crippen molar-refractivity contribution in [2.45, 2.75) is 12.1 Å². The van der Waals surface area contributed by atoms with E-state index in [0.29, 0.717) is 18.9 Å². The van der Waals surface area contributed by atoms with Crippen LogP contribution in [0.2, 0.25) is 0 Å². The predicted molar refractivity (Wildman–Crippen MR) is 50.3 cm³/mol. The molecular formula is C11H9NO2. The van der Waals surface area contributed by atoms with Gasteiger partial charge in [0.15, 0.2) is 11.5 Å². The maximum atomic E-state index is 5.36. The molecule has 1 aromatic carbocycles. The predicted octanol–water partition coefficient (Wildman–Crippen LogP) is 1.67. The molecule has 0 amide bonds. The third kappa shape index (κ3) is 0.677. The highest BCUT2D eigenvalue weighted by Crippen LogP contribution is 2.46. The largest absolute Gasteiger partial charge is 0.454 e. The molecule has 0 unspecified atom stereocenters. The Morgan fingerprint density at radius 1 is 1.00 bits per heavy atom. The summed E-state index contributed by atoms with van der Waals surface area (Å²) in [5.74, 6) is 1.76. The van der Waals surface area contributed by atoms with Crippen LogP contribution in [0.25, 0.3) is 0 Å². The Kier molecular flexibility index (Phi) is 1.04. The van der Waals surface area contributed by atoms with Gasteiger partial charge in [-0.25, -0.2) is 0 Å². The number of hydrogen-bond acceptors (Lipinski definition) is 3. The van der Waals surface area contributed by atoms with Gasteiger partial charge in [0.1, 0.15) is 0 Å². The van der Waals surface area contributed by atoms with Gasteiger partial charge in [0.2, 0.25) is 6.79 Å². The Morgan fingerprint density at radius 3 is 2.14 bits per heavy atom. The summed E-state index contributed by atoms with van der Waals surface area (Å²) >= 11 is 0. The van der Waals surface area contributed by atoms with E-state index in [1.807, 2.05) is 0 Å². The minimum absolute atomic E-state index is 0.356. The minimum Gasteiger partial charge on any atom is -0.454 e. The number of hydrogen-bond donors (Lipinski definition) is 1. The third-order valence-corrected chi connectivity index (χ3v) is 3.10. The molecular weight excluding hydrogens is 178 g/mol. The van der Waals surface area contributed by atoms with Crippen molar-refractivity contribution in [1.82, 2.24) is 5.32 Å². The van der Waals surface area contributed by atoms with Crippen LogP contribution in [-0.2, 0) is 0 Å². The molecule has 3 aliphatic heterocycles. The fourth-order valence-electron chi connectivity index (χ4n) is 2.43. The quantitative estimate of drug-likeness (QED) is 0.627. The van der Waals surface area contributed by atoms with Gasteiger partial charge < -0.3 is 9.47 Å². The lowest BCUT2D eigenvalue weighted by molar-refractivity contribution is 0.174. The lowest BCUT2D eigenvalue weighted by Crippen LogP contribution is -2.07. The second-order valence-corrected chi connectivity index (χ2v) is 3.84. The van der Waals surface area contributed by atoms with Crippen molar-refractivity contribution in [3.8, 4) is 11.5 Å². The van der Waals surface area contributed by atoms with E-state index in [0.717, 1.165) is 11.5 Å². The van der Waals surface area contributed by atoms with Crippen molar-refractivity contribution in [2.24, 2.45) is 0 Å². The summed E-state index contributed by atoms with van der Waals surface area (Å²) in [5.41, 5.74) is 2.67. The molecule has 3 nitrogen and oxygen atoms in total. The van der Waals surface area contributed by atoms with Gasteiger partial charge >= 0.3 is 0 Å². The van der Waals surface area contributed by atoms with Crippen molar-refractivity contribution in [1.29, 1.82) is 0 Å². The van der Waals surface area contributed by atoms with E-state index in [2.05, 4.69) is 29.6 Å². The van der Waals surface area contributed by atoms with Gasteiger partial charge in [0.05, 0.1) is 12.1 Å². The Morgan fingerprint density at radius 2 is 1.57 bits per heavy atom. The first-order valence-electron chi connectivity index (χ1n) is 4.79. The standard InChI is InChI=1S/C11H9NO2/c1-2-9-7-4-11-10(13-5-14-11)3-6(7)8(1)12-9/h1-4,8-9,12H,5H2/t8-,9+. The van der Waals surface area contributed by atoms with Crippen LogP contribution < -0.4 is 14.8 Å². The van der Waals surface area contributed by atoms with Crippen molar-refractivity contribution >= 4 is 0 Å². The van der Waals surface area contributed by atoms with Gasteiger partial charge in [-0.3, -0.25) is 5.32 Å². The number of ether oxygens (including phenoxy) is 2. The van der Waals surface area contributed by atoms with Gasteiger partial charge in [0, 0.05) is 0 Å². The lowest BCUT2D eigenvalue weighted by Gasteiger charge is -2.09. The van der Waals surface area contributed by atoms with E-state index >= 15 is 0 Å². The van der Waals surface area contributed by atoms with Crippen molar-refractivity contribution in [3.63, 3.8) is 0 Å². The summed E-state index contributed by atoms with van der Waals surface area (Å²) in [7, 11) is 0. The smallest absolute Gasteiger partial charge is 0.231 e. The Hall–Kier alpha value is -1.48. The SMILES string of the molecule is C1=C[C@H]2N[C@@H]1c1cc3c(cc12)OCO3. The van der Waals surface area contributed by atoms with Crippen LogP contribution in [0.5, 0.6) is 11.5 Å². The lowest BCUT2D eigenvalue weighted by atomic mass is 9.96. The fraction of sp³-hybridized carbons (Fsp3) is 0.273. The van der Waals surface area contributed by atoms with Gasteiger partial charge in [-0.2, -0.15) is 0 Å². The number of benzene rings is 1. The first-order valence-corrected chi connectivity index (χ1v) is 4.79. The van der Waals surface area contributed by atoms with E-state index < -0.39 is 0 Å². The van der Waals surface area contributed by atoms with Gasteiger partial charge in [-0.15, -0.1) is 0 Å². The molecule has 4 rings (SSSR count). The molecule has 2 atom stereocenters. The maximum absolute atomic E-state index is 5.36. The summed E-state index contributed by atoms with van der Waals surface area (Å²) in [6.45, 7) is 0.356. The molecule has 2 bridgehead atoms. The molecule has 0 saturated heterocycles. The van der Waals surface area contributed by atoms with Crippen molar-refractivity contribution < 1.29 is 9.47 Å². The molecule has 0 radical (unpaired) electrons. The highest BCUT2D eigenvalue weighted by atomic mass is 16.7. The highest BCUT2D eigenvalue weighted by Gasteiger charge is 2.34. The second kappa shape index (κ2) is 2.12. The third-order valence-electron chi connectivity index (χ3n) is 3.10. The Bertz CT molecular complexity index is 414. The molecule has 3 heterocycles. The number of nitrogens with one attached hydrogen (secondary N) is 1. The van der Waals surface area contributed by atoms with Crippen LogP contribution >= 0.6 is 0 Å². The van der Waals surface area contributed by atoms with Crippen LogP contribution in [0.1, 0.15) is 23.2 Å². The van der Waals surface area contributed by atoms with E-state index in [4.69, 9.17) is 9.47 Å². The Balaban J connectivity index is 1.97. The zero-order valence-electron chi connectivity index (χ0n) is 7.49. The average molecular weight is 187 g/mol. The zero-order valence-corrected chi connectivity index (χ0v) is 7.49. The normalized spacial score (nSPS) is 29.7. The maximum Gasteiger partial charge on any atom is 0.231 e. The molecule has 0 aliphatic carbocycles. The summed E-state index contributed by atoms with van der Waals surface area (Å²) in [6, 6.07) is 4.95. The second-order valence-electron chi connectivity index (χ2n) is 3.84. The molecule has 0 aromatic heterocycles. The average Bonchev–Trinajstić information content (AvgIpc) is 2.90. The molecule has 1 aromatic rings. The van der Waals surface area contributed by atoms with Crippen LogP contribution in [0.3, 0.4) is 0 Å². The van der Waals surface area contributed by atoms with Gasteiger partial charge in [0.25, 0.3) is 0 Å². The summed E-state index contributed by atoms with van der Waals surface area (Å²) in [5, 5.41) is 3.47. The van der Waals surface area contributed by atoms with Crippen LogP contribution in [0.15, 0.2) is 24.3 Å². The molecule has 3 aliphatic rings. The van der Waals surface area contributed by atoms with Crippen molar-refractivity contribution in [3.05, 3.63) is 35.4 Å². The monoisotopic (exact) mass is 187 g/mol.